The predicted molar refractivity (Wildman–Crippen MR) is 72.4 cm³/mol. The van der Waals surface area contributed by atoms with Gasteiger partial charge in [-0.3, -0.25) is 9.80 Å². The fraction of sp³-hybridized carbons (Fsp3) is 0.600. The van der Waals surface area contributed by atoms with Gasteiger partial charge in [-0.1, -0.05) is 30.3 Å². The zero-order valence-corrected chi connectivity index (χ0v) is 10.8. The van der Waals surface area contributed by atoms with Gasteiger partial charge in [-0.2, -0.15) is 0 Å². The molecular formula is C15H21N3. The van der Waals surface area contributed by atoms with Crippen molar-refractivity contribution in [3.63, 3.8) is 0 Å². The van der Waals surface area contributed by atoms with Gasteiger partial charge >= 0.3 is 0 Å². The van der Waals surface area contributed by atoms with Gasteiger partial charge in [0, 0.05) is 50.8 Å². The molecule has 2 unspecified atom stereocenters. The Morgan fingerprint density at radius 1 is 1.00 bits per heavy atom. The second-order valence-corrected chi connectivity index (χ2v) is 5.97. The molecule has 3 saturated heterocycles. The first-order chi connectivity index (χ1) is 8.90. The minimum absolute atomic E-state index is 0.802. The Morgan fingerprint density at radius 2 is 1.83 bits per heavy atom. The van der Waals surface area contributed by atoms with Crippen molar-refractivity contribution in [2.24, 2.45) is 0 Å². The first kappa shape index (κ1) is 11.0. The Labute approximate surface area is 109 Å². The van der Waals surface area contributed by atoms with Gasteiger partial charge in [-0.15, -0.1) is 0 Å². The lowest BCUT2D eigenvalue weighted by Crippen LogP contribution is -2.61. The Kier molecular flexibility index (Phi) is 2.64. The third-order valence-electron chi connectivity index (χ3n) is 4.85. The number of nitrogens with zero attached hydrogens (tertiary/aromatic N) is 2. The van der Waals surface area contributed by atoms with E-state index >= 15 is 0 Å². The van der Waals surface area contributed by atoms with Crippen molar-refractivity contribution in [2.75, 3.05) is 26.2 Å². The van der Waals surface area contributed by atoms with Gasteiger partial charge in [-0.05, 0) is 12.0 Å². The van der Waals surface area contributed by atoms with Crippen LogP contribution in [0, 0.1) is 0 Å². The molecule has 0 aromatic heterocycles. The number of rotatable bonds is 3. The smallest absolute Gasteiger partial charge is 0.0349 e. The average Bonchev–Trinajstić information content (AvgIpc) is 2.88. The maximum atomic E-state index is 3.39. The van der Waals surface area contributed by atoms with Crippen LogP contribution >= 0.6 is 0 Å². The van der Waals surface area contributed by atoms with Crippen LogP contribution in [-0.4, -0.2) is 54.1 Å². The van der Waals surface area contributed by atoms with Crippen molar-refractivity contribution < 1.29 is 0 Å². The fourth-order valence-electron chi connectivity index (χ4n) is 3.75. The van der Waals surface area contributed by atoms with Crippen LogP contribution in [0.4, 0.5) is 0 Å². The van der Waals surface area contributed by atoms with E-state index in [1.165, 1.54) is 38.2 Å². The minimum Gasteiger partial charge on any atom is -0.314 e. The molecule has 1 N–H and O–H groups in total. The number of likely N-dealkylation sites (tertiary alicyclic amines) is 2. The molecule has 18 heavy (non-hydrogen) atoms. The van der Waals surface area contributed by atoms with Gasteiger partial charge in [-0.25, -0.2) is 0 Å². The van der Waals surface area contributed by atoms with Crippen LogP contribution in [0.3, 0.4) is 0 Å². The fourth-order valence-corrected chi connectivity index (χ4v) is 3.75. The Balaban J connectivity index is 1.40. The summed E-state index contributed by atoms with van der Waals surface area (Å²) in [5.41, 5.74) is 1.46. The molecule has 96 valence electrons. The summed E-state index contributed by atoms with van der Waals surface area (Å²) in [4.78, 5) is 5.44. The Bertz CT molecular complexity index is 415. The van der Waals surface area contributed by atoms with E-state index in [1.54, 1.807) is 0 Å². The molecule has 4 rings (SSSR count). The lowest BCUT2D eigenvalue weighted by molar-refractivity contribution is 0.0654. The third kappa shape index (κ3) is 1.78. The van der Waals surface area contributed by atoms with Crippen LogP contribution in [0.2, 0.25) is 0 Å². The van der Waals surface area contributed by atoms with Crippen molar-refractivity contribution in [1.82, 2.24) is 15.1 Å². The average molecular weight is 243 g/mol. The molecule has 3 nitrogen and oxygen atoms in total. The van der Waals surface area contributed by atoms with Crippen LogP contribution in [0.25, 0.3) is 0 Å². The van der Waals surface area contributed by atoms with E-state index in [-0.39, 0.29) is 0 Å². The van der Waals surface area contributed by atoms with Crippen molar-refractivity contribution in [2.45, 2.75) is 31.1 Å². The standard InChI is InChI=1S/C15H21N3/c1-2-4-12(5-3-1)9-17-10-14-6-13(17)11-18(14)15-7-16-8-15/h1-5,13-16H,6-11H2. The molecule has 3 fully saturated rings. The Morgan fingerprint density at radius 3 is 2.44 bits per heavy atom. The molecule has 3 aliphatic heterocycles. The van der Waals surface area contributed by atoms with Gasteiger partial charge in [0.15, 0.2) is 0 Å². The summed E-state index contributed by atoms with van der Waals surface area (Å²) in [6.07, 6.45) is 1.39. The highest BCUT2D eigenvalue weighted by atomic mass is 15.4. The van der Waals surface area contributed by atoms with E-state index in [9.17, 15) is 0 Å². The maximum absolute atomic E-state index is 3.39. The second-order valence-electron chi connectivity index (χ2n) is 5.97. The van der Waals surface area contributed by atoms with E-state index < -0.39 is 0 Å². The second kappa shape index (κ2) is 4.34. The number of hydrogen-bond donors (Lipinski definition) is 1. The van der Waals surface area contributed by atoms with Gasteiger partial charge in [0.05, 0.1) is 0 Å². The highest BCUT2D eigenvalue weighted by molar-refractivity contribution is 5.16. The topological polar surface area (TPSA) is 18.5 Å². The molecular weight excluding hydrogens is 222 g/mol. The van der Waals surface area contributed by atoms with Crippen LogP contribution in [0.1, 0.15) is 12.0 Å². The van der Waals surface area contributed by atoms with Crippen LogP contribution in [0.5, 0.6) is 0 Å². The van der Waals surface area contributed by atoms with Gasteiger partial charge in [0.2, 0.25) is 0 Å². The summed E-state index contributed by atoms with van der Waals surface area (Å²) in [5.74, 6) is 0. The first-order valence-electron chi connectivity index (χ1n) is 7.14. The SMILES string of the molecule is c1ccc(CN2CC3CC2CN3C2CNC2)cc1. The number of benzene rings is 1. The lowest BCUT2D eigenvalue weighted by atomic mass is 10.1. The van der Waals surface area contributed by atoms with E-state index in [1.807, 2.05) is 0 Å². The molecule has 0 amide bonds. The predicted octanol–water partition coefficient (Wildman–Crippen LogP) is 0.917. The number of fused-ring (bicyclic) bond motifs is 2. The largest absolute Gasteiger partial charge is 0.314 e. The minimum atomic E-state index is 0.802. The van der Waals surface area contributed by atoms with E-state index in [4.69, 9.17) is 0 Å². The van der Waals surface area contributed by atoms with Gasteiger partial charge < -0.3 is 5.32 Å². The molecule has 0 radical (unpaired) electrons. The molecule has 1 aromatic rings. The maximum Gasteiger partial charge on any atom is 0.0349 e. The van der Waals surface area contributed by atoms with E-state index in [0.29, 0.717) is 0 Å². The van der Waals surface area contributed by atoms with Crippen molar-refractivity contribution in [3.05, 3.63) is 35.9 Å². The zero-order chi connectivity index (χ0) is 11.9. The molecule has 2 atom stereocenters. The normalized spacial score (nSPS) is 32.9. The molecule has 0 aliphatic carbocycles. The summed E-state index contributed by atoms with van der Waals surface area (Å²) in [5, 5.41) is 3.39. The van der Waals surface area contributed by atoms with E-state index in [0.717, 1.165) is 24.7 Å². The van der Waals surface area contributed by atoms with E-state index in [2.05, 4.69) is 45.4 Å². The molecule has 3 aliphatic rings. The number of nitrogens with one attached hydrogen (secondary N) is 1. The summed E-state index contributed by atoms with van der Waals surface area (Å²) in [7, 11) is 0. The summed E-state index contributed by atoms with van der Waals surface area (Å²) < 4.78 is 0. The zero-order valence-electron chi connectivity index (χ0n) is 10.8. The molecule has 3 heterocycles. The third-order valence-corrected chi connectivity index (χ3v) is 4.85. The summed E-state index contributed by atoms with van der Waals surface area (Å²) in [6.45, 7) is 6.13. The lowest BCUT2D eigenvalue weighted by Gasteiger charge is -2.43. The Hall–Kier alpha value is -0.900. The monoisotopic (exact) mass is 243 g/mol. The molecule has 1 aromatic carbocycles. The van der Waals surface area contributed by atoms with Crippen molar-refractivity contribution >= 4 is 0 Å². The highest BCUT2D eigenvalue weighted by Gasteiger charge is 2.46. The molecule has 0 spiro atoms. The quantitative estimate of drug-likeness (QED) is 0.851. The number of piperazine rings is 1. The van der Waals surface area contributed by atoms with Crippen molar-refractivity contribution in [1.29, 1.82) is 0 Å². The van der Waals surface area contributed by atoms with Crippen LogP contribution in [0.15, 0.2) is 30.3 Å². The van der Waals surface area contributed by atoms with Gasteiger partial charge in [0.1, 0.15) is 0 Å². The molecule has 2 bridgehead atoms. The summed E-state index contributed by atoms with van der Waals surface area (Å²) in [6, 6.07) is 13.4. The highest BCUT2D eigenvalue weighted by Crippen LogP contribution is 2.33. The van der Waals surface area contributed by atoms with Crippen LogP contribution in [-0.2, 0) is 6.54 Å². The first-order valence-corrected chi connectivity index (χ1v) is 7.14. The molecule has 3 heteroatoms. The van der Waals surface area contributed by atoms with Crippen LogP contribution < -0.4 is 5.32 Å². The van der Waals surface area contributed by atoms with Gasteiger partial charge in [0.25, 0.3) is 0 Å². The van der Waals surface area contributed by atoms with Crippen molar-refractivity contribution in [3.8, 4) is 0 Å². The number of hydrogen-bond acceptors (Lipinski definition) is 3. The summed E-state index contributed by atoms with van der Waals surface area (Å²) >= 11 is 0. The molecule has 0 saturated carbocycles.